The summed E-state index contributed by atoms with van der Waals surface area (Å²) < 4.78 is 0. The molecule has 1 atom stereocenters. The summed E-state index contributed by atoms with van der Waals surface area (Å²) >= 11 is 0. The van der Waals surface area contributed by atoms with E-state index in [0.717, 1.165) is 37.6 Å². The minimum Gasteiger partial charge on any atom is -0.316 e. The van der Waals surface area contributed by atoms with Gasteiger partial charge >= 0.3 is 0 Å². The number of nitrogens with two attached hydrogens (primary N) is 1. The summed E-state index contributed by atoms with van der Waals surface area (Å²) in [5.74, 6) is 2.69. The summed E-state index contributed by atoms with van der Waals surface area (Å²) in [5.41, 5.74) is 6.15. The average molecular weight is 306 g/mol. The lowest BCUT2D eigenvalue weighted by molar-refractivity contribution is -0.126. The fourth-order valence-corrected chi connectivity index (χ4v) is 5.06. The second kappa shape index (κ2) is 7.92. The molecule has 2 saturated carbocycles. The maximum absolute atomic E-state index is 12.6. The molecule has 1 saturated heterocycles. The van der Waals surface area contributed by atoms with E-state index < -0.39 is 0 Å². The number of nitrogens with zero attached hydrogens (tertiary/aromatic N) is 1. The summed E-state index contributed by atoms with van der Waals surface area (Å²) in [5, 5.41) is 0. The molecule has 0 amide bonds. The zero-order valence-corrected chi connectivity index (χ0v) is 14.1. The van der Waals surface area contributed by atoms with Gasteiger partial charge in [-0.15, -0.1) is 0 Å². The predicted molar refractivity (Wildman–Crippen MR) is 90.4 cm³/mol. The minimum atomic E-state index is 0.122. The first kappa shape index (κ1) is 16.4. The lowest BCUT2D eigenvalue weighted by atomic mass is 9.70. The summed E-state index contributed by atoms with van der Waals surface area (Å²) in [6.45, 7) is 1.63. The highest BCUT2D eigenvalue weighted by atomic mass is 16.1. The molecule has 1 aliphatic heterocycles. The number of hydrogen-bond donors (Lipinski definition) is 1. The first-order valence-electron chi connectivity index (χ1n) is 9.76. The predicted octanol–water partition coefficient (Wildman–Crippen LogP) is 3.71. The van der Waals surface area contributed by atoms with Gasteiger partial charge in [-0.05, 0) is 56.8 Å². The van der Waals surface area contributed by atoms with Gasteiger partial charge in [0.2, 0.25) is 0 Å². The highest BCUT2D eigenvalue weighted by molar-refractivity contribution is 5.83. The molecule has 0 radical (unpaired) electrons. The van der Waals surface area contributed by atoms with Crippen molar-refractivity contribution in [3.8, 4) is 0 Å². The minimum absolute atomic E-state index is 0.122. The van der Waals surface area contributed by atoms with Gasteiger partial charge in [-0.1, -0.05) is 32.1 Å². The van der Waals surface area contributed by atoms with Crippen LogP contribution in [0.2, 0.25) is 0 Å². The van der Waals surface area contributed by atoms with Crippen molar-refractivity contribution in [2.24, 2.45) is 23.5 Å². The van der Waals surface area contributed by atoms with Crippen LogP contribution in [-0.2, 0) is 4.79 Å². The van der Waals surface area contributed by atoms with Crippen LogP contribution in [0.3, 0.4) is 0 Å². The molecule has 2 aliphatic carbocycles. The van der Waals surface area contributed by atoms with Crippen LogP contribution in [-0.4, -0.2) is 29.9 Å². The van der Waals surface area contributed by atoms with Crippen LogP contribution in [0.25, 0.3) is 0 Å². The molecule has 1 heterocycles. The van der Waals surface area contributed by atoms with Crippen LogP contribution in [0.15, 0.2) is 0 Å². The van der Waals surface area contributed by atoms with E-state index in [1.54, 1.807) is 0 Å². The van der Waals surface area contributed by atoms with Crippen LogP contribution in [0.1, 0.15) is 77.0 Å². The van der Waals surface area contributed by atoms with Crippen LogP contribution < -0.4 is 5.73 Å². The van der Waals surface area contributed by atoms with Crippen molar-refractivity contribution in [3.05, 3.63) is 0 Å². The largest absolute Gasteiger partial charge is 0.316 e. The molecule has 126 valence electrons. The van der Waals surface area contributed by atoms with E-state index in [1.807, 2.05) is 0 Å². The Labute approximate surface area is 136 Å². The Hall–Kier alpha value is -0.410. The fourth-order valence-electron chi connectivity index (χ4n) is 5.06. The molecule has 0 aromatic carbocycles. The summed E-state index contributed by atoms with van der Waals surface area (Å²) in [6.07, 6.45) is 15.7. The molecule has 0 aromatic rings. The molecule has 1 unspecified atom stereocenters. The van der Waals surface area contributed by atoms with Gasteiger partial charge in [0.25, 0.3) is 0 Å². The van der Waals surface area contributed by atoms with E-state index in [-0.39, 0.29) is 6.17 Å². The first-order chi connectivity index (χ1) is 10.7. The molecule has 0 bridgehead atoms. The van der Waals surface area contributed by atoms with Gasteiger partial charge in [0, 0.05) is 12.5 Å². The third kappa shape index (κ3) is 4.11. The molecule has 0 aromatic heterocycles. The van der Waals surface area contributed by atoms with Gasteiger partial charge in [0.05, 0.1) is 12.7 Å². The van der Waals surface area contributed by atoms with Gasteiger partial charge in [0.15, 0.2) is 0 Å². The zero-order valence-electron chi connectivity index (χ0n) is 14.1. The van der Waals surface area contributed by atoms with Crippen LogP contribution in [0.4, 0.5) is 0 Å². The number of ketones is 1. The highest BCUT2D eigenvalue weighted by Gasteiger charge is 2.32. The molecular formula is C19H34N2O. The topological polar surface area (TPSA) is 46.3 Å². The second-order valence-corrected chi connectivity index (χ2v) is 8.01. The molecule has 3 rings (SSSR count). The molecule has 2 N–H and O–H groups in total. The van der Waals surface area contributed by atoms with Gasteiger partial charge in [0.1, 0.15) is 5.78 Å². The summed E-state index contributed by atoms with van der Waals surface area (Å²) in [4.78, 5) is 14.8. The second-order valence-electron chi connectivity index (χ2n) is 8.01. The summed E-state index contributed by atoms with van der Waals surface area (Å²) in [7, 11) is 0. The first-order valence-corrected chi connectivity index (χ1v) is 9.76. The average Bonchev–Trinajstić information content (AvgIpc) is 2.58. The Balaban J connectivity index is 1.43. The SMILES string of the molecule is NC1CCCCN1CC(=O)C1CCC(C2CCCCC2)CC1. The molecule has 3 fully saturated rings. The lowest BCUT2D eigenvalue weighted by Crippen LogP contribution is -2.48. The van der Waals surface area contributed by atoms with E-state index in [2.05, 4.69) is 4.90 Å². The number of hydrogen-bond acceptors (Lipinski definition) is 3. The highest BCUT2D eigenvalue weighted by Crippen LogP contribution is 2.40. The van der Waals surface area contributed by atoms with E-state index in [1.165, 1.54) is 57.8 Å². The summed E-state index contributed by atoms with van der Waals surface area (Å²) in [6, 6.07) is 0. The van der Waals surface area contributed by atoms with Crippen molar-refractivity contribution in [2.45, 2.75) is 83.2 Å². The van der Waals surface area contributed by atoms with Gasteiger partial charge < -0.3 is 5.73 Å². The third-order valence-corrected chi connectivity index (χ3v) is 6.57. The molecule has 22 heavy (non-hydrogen) atoms. The molecule has 3 aliphatic rings. The molecule has 3 nitrogen and oxygen atoms in total. The van der Waals surface area contributed by atoms with Crippen molar-refractivity contribution in [1.29, 1.82) is 0 Å². The van der Waals surface area contributed by atoms with Crippen molar-refractivity contribution in [1.82, 2.24) is 4.90 Å². The van der Waals surface area contributed by atoms with Crippen molar-refractivity contribution >= 4 is 5.78 Å². The van der Waals surface area contributed by atoms with E-state index in [0.29, 0.717) is 18.2 Å². The quantitative estimate of drug-likeness (QED) is 0.861. The van der Waals surface area contributed by atoms with Gasteiger partial charge in [-0.3, -0.25) is 9.69 Å². The number of Topliss-reactive ketones (excluding diaryl/α,β-unsaturated/α-hetero) is 1. The number of likely N-dealkylation sites (tertiary alicyclic amines) is 1. The van der Waals surface area contributed by atoms with E-state index in [4.69, 9.17) is 5.73 Å². The maximum Gasteiger partial charge on any atom is 0.149 e. The zero-order chi connectivity index (χ0) is 15.4. The van der Waals surface area contributed by atoms with Crippen LogP contribution in [0, 0.1) is 17.8 Å². The number of carbonyl (C=O) groups is 1. The molecule has 3 heteroatoms. The molecule has 0 spiro atoms. The Morgan fingerprint density at radius 3 is 2.14 bits per heavy atom. The van der Waals surface area contributed by atoms with Gasteiger partial charge in [-0.2, -0.15) is 0 Å². The Morgan fingerprint density at radius 2 is 1.45 bits per heavy atom. The fraction of sp³-hybridized carbons (Fsp3) is 0.947. The number of rotatable bonds is 4. The maximum atomic E-state index is 12.6. The van der Waals surface area contributed by atoms with Crippen molar-refractivity contribution in [2.75, 3.05) is 13.1 Å². The van der Waals surface area contributed by atoms with Crippen molar-refractivity contribution in [3.63, 3.8) is 0 Å². The number of carbonyl (C=O) groups excluding carboxylic acids is 1. The number of piperidine rings is 1. The monoisotopic (exact) mass is 306 g/mol. The Kier molecular flexibility index (Phi) is 5.92. The normalized spacial score (nSPS) is 35.4. The smallest absolute Gasteiger partial charge is 0.149 e. The lowest BCUT2D eigenvalue weighted by Gasteiger charge is -2.37. The van der Waals surface area contributed by atoms with Crippen LogP contribution >= 0.6 is 0 Å². The van der Waals surface area contributed by atoms with E-state index in [9.17, 15) is 4.79 Å². The van der Waals surface area contributed by atoms with Crippen LogP contribution in [0.5, 0.6) is 0 Å². The van der Waals surface area contributed by atoms with Gasteiger partial charge in [-0.25, -0.2) is 0 Å². The Morgan fingerprint density at radius 1 is 0.818 bits per heavy atom. The van der Waals surface area contributed by atoms with Crippen molar-refractivity contribution < 1.29 is 4.79 Å². The van der Waals surface area contributed by atoms with E-state index >= 15 is 0 Å². The third-order valence-electron chi connectivity index (χ3n) is 6.57. The Bertz CT molecular complexity index is 356. The standard InChI is InChI=1S/C19H34N2O/c20-19-8-4-5-13-21(19)14-18(22)17-11-9-16(10-12-17)15-6-2-1-3-7-15/h15-17,19H,1-14,20H2. The molecular weight excluding hydrogens is 272 g/mol.